The van der Waals surface area contributed by atoms with Crippen LogP contribution in [-0.4, -0.2) is 38.3 Å². The first-order valence-corrected chi connectivity index (χ1v) is 8.16. The summed E-state index contributed by atoms with van der Waals surface area (Å²) >= 11 is 6.00. The van der Waals surface area contributed by atoms with Crippen LogP contribution in [0.25, 0.3) is 10.9 Å². The molecule has 0 bridgehead atoms. The minimum atomic E-state index is -1.27. The third kappa shape index (κ3) is 3.60. The Morgan fingerprint density at radius 1 is 1.38 bits per heavy atom. The number of anilines is 1. The fourth-order valence-electron chi connectivity index (χ4n) is 2.35. The van der Waals surface area contributed by atoms with Crippen molar-refractivity contribution in [3.8, 4) is 0 Å². The van der Waals surface area contributed by atoms with Crippen LogP contribution in [0, 0.1) is 3.95 Å². The maximum atomic E-state index is 12.4. The van der Waals surface area contributed by atoms with Gasteiger partial charge in [-0.3, -0.25) is 15.2 Å². The van der Waals surface area contributed by atoms with Crippen LogP contribution in [0.3, 0.4) is 0 Å². The van der Waals surface area contributed by atoms with Crippen molar-refractivity contribution >= 4 is 51.6 Å². The molecule has 0 unspecified atom stereocenters. The Labute approximate surface area is 144 Å². The average Bonchev–Trinajstić information content (AvgIpc) is 3.13. The molecule has 2 heterocycles. The number of rotatable bonds is 5. The predicted octanol–water partition coefficient (Wildman–Crippen LogP) is 2.50. The highest BCUT2D eigenvalue weighted by atomic mass is 32.1. The number of nitrogens with one attached hydrogen (secondary N) is 4. The lowest BCUT2D eigenvalue weighted by Gasteiger charge is -2.15. The number of aromatic nitrogens is 3. The van der Waals surface area contributed by atoms with Crippen LogP contribution >= 0.6 is 23.6 Å². The van der Waals surface area contributed by atoms with Gasteiger partial charge in [0.15, 0.2) is 3.95 Å². The van der Waals surface area contributed by atoms with Crippen molar-refractivity contribution in [2.24, 2.45) is 0 Å². The molecule has 24 heavy (non-hydrogen) atoms. The summed E-state index contributed by atoms with van der Waals surface area (Å²) in [6, 6.07) is 6.65. The second-order valence-electron chi connectivity index (χ2n) is 4.97. The zero-order chi connectivity index (χ0) is 17.1. The molecule has 1 atom stereocenters. The largest absolute Gasteiger partial charge is 0.465 e. The van der Waals surface area contributed by atoms with E-state index in [1.54, 1.807) is 6.20 Å². The third-order valence-corrected chi connectivity index (χ3v) is 4.39. The maximum Gasteiger partial charge on any atom is 0.405 e. The van der Waals surface area contributed by atoms with Gasteiger partial charge >= 0.3 is 6.09 Å². The number of hydrogen-bond donors (Lipinski definition) is 5. The van der Waals surface area contributed by atoms with E-state index in [1.165, 1.54) is 0 Å². The highest BCUT2D eigenvalue weighted by Gasteiger charge is 2.23. The maximum absolute atomic E-state index is 12.4. The van der Waals surface area contributed by atoms with E-state index in [1.807, 2.05) is 24.3 Å². The monoisotopic (exact) mass is 363 g/mol. The van der Waals surface area contributed by atoms with Gasteiger partial charge in [0, 0.05) is 23.5 Å². The number of para-hydroxylation sites is 1. The van der Waals surface area contributed by atoms with E-state index < -0.39 is 18.0 Å². The number of aromatic amines is 2. The lowest BCUT2D eigenvalue weighted by Crippen LogP contribution is -2.44. The number of fused-ring (bicyclic) bond motifs is 1. The van der Waals surface area contributed by atoms with E-state index in [-0.39, 0.29) is 6.42 Å². The Balaban J connectivity index is 1.81. The lowest BCUT2D eigenvalue weighted by atomic mass is 10.0. The second kappa shape index (κ2) is 6.81. The molecule has 5 N–H and O–H groups in total. The smallest absolute Gasteiger partial charge is 0.405 e. The first-order valence-electron chi connectivity index (χ1n) is 6.94. The summed E-state index contributed by atoms with van der Waals surface area (Å²) < 4.78 is 0.421. The Morgan fingerprint density at radius 3 is 2.88 bits per heavy atom. The van der Waals surface area contributed by atoms with Crippen LogP contribution < -0.4 is 10.6 Å². The number of carbonyl (C=O) groups excluding carboxylic acids is 1. The van der Waals surface area contributed by atoms with Gasteiger partial charge in [-0.2, -0.15) is 0 Å². The fraction of sp³-hybridized carbons (Fsp3) is 0.143. The molecule has 0 aliphatic heterocycles. The molecule has 10 heteroatoms. The Morgan fingerprint density at radius 2 is 2.17 bits per heavy atom. The standard InChI is InChI=1S/C14H13N5O3S2/c20-11(17-12-18-19-14(23)24-12)10(16-13(21)22)5-7-6-15-9-4-2-1-3-8(7)9/h1-4,6,10,15-16H,5H2,(H,19,23)(H,21,22)(H,17,18,20)/t10-/m0/s1. The number of H-pyrrole nitrogens is 2. The van der Waals surface area contributed by atoms with Gasteiger partial charge in [-0.05, 0) is 23.8 Å². The van der Waals surface area contributed by atoms with Crippen LogP contribution in [0.4, 0.5) is 9.93 Å². The summed E-state index contributed by atoms with van der Waals surface area (Å²) in [5.74, 6) is -0.500. The molecule has 3 rings (SSSR count). The molecule has 2 amide bonds. The SMILES string of the molecule is O=C(O)N[C@@H](Cc1c[nH]c2ccccc12)C(=O)Nc1n[nH]c(=S)s1. The normalized spacial score (nSPS) is 12.0. The second-order valence-corrected chi connectivity index (χ2v) is 6.64. The summed E-state index contributed by atoms with van der Waals surface area (Å²) in [4.78, 5) is 26.5. The molecule has 124 valence electrons. The molecule has 1 aromatic carbocycles. The predicted molar refractivity (Wildman–Crippen MR) is 92.9 cm³/mol. The third-order valence-electron chi connectivity index (χ3n) is 3.38. The number of benzene rings is 1. The van der Waals surface area contributed by atoms with E-state index >= 15 is 0 Å². The van der Waals surface area contributed by atoms with Crippen LogP contribution in [0.1, 0.15) is 5.56 Å². The van der Waals surface area contributed by atoms with Crippen molar-refractivity contribution < 1.29 is 14.7 Å². The Hall–Kier alpha value is -2.72. The molecular weight excluding hydrogens is 350 g/mol. The fourth-order valence-corrected chi connectivity index (χ4v) is 3.15. The first-order chi connectivity index (χ1) is 11.5. The molecule has 3 aromatic rings. The summed E-state index contributed by atoms with van der Waals surface area (Å²) in [5, 5.41) is 21.4. The van der Waals surface area contributed by atoms with Gasteiger partial charge in [-0.1, -0.05) is 29.5 Å². The summed E-state index contributed by atoms with van der Waals surface area (Å²) in [7, 11) is 0. The van der Waals surface area contributed by atoms with Crippen LogP contribution in [0.5, 0.6) is 0 Å². The molecule has 0 fully saturated rings. The molecule has 0 aliphatic rings. The summed E-state index contributed by atoms with van der Waals surface area (Å²) in [6.45, 7) is 0. The lowest BCUT2D eigenvalue weighted by molar-refractivity contribution is -0.118. The molecule has 0 saturated heterocycles. The van der Waals surface area contributed by atoms with Gasteiger partial charge in [0.05, 0.1) is 0 Å². The van der Waals surface area contributed by atoms with Gasteiger partial charge in [0.2, 0.25) is 11.0 Å². The Bertz CT molecular complexity index is 945. The number of hydrogen-bond acceptors (Lipinski definition) is 5. The highest BCUT2D eigenvalue weighted by molar-refractivity contribution is 7.73. The summed E-state index contributed by atoms with van der Waals surface area (Å²) in [5.41, 5.74) is 1.77. The van der Waals surface area contributed by atoms with Gasteiger partial charge in [-0.25, -0.2) is 4.79 Å². The van der Waals surface area contributed by atoms with Crippen LogP contribution in [0.2, 0.25) is 0 Å². The van der Waals surface area contributed by atoms with Crippen molar-refractivity contribution in [3.63, 3.8) is 0 Å². The van der Waals surface area contributed by atoms with Crippen LogP contribution in [0.15, 0.2) is 30.5 Å². The van der Waals surface area contributed by atoms with Crippen molar-refractivity contribution in [3.05, 3.63) is 40.0 Å². The van der Waals surface area contributed by atoms with Gasteiger partial charge < -0.3 is 15.4 Å². The van der Waals surface area contributed by atoms with Crippen molar-refractivity contribution in [1.29, 1.82) is 0 Å². The van der Waals surface area contributed by atoms with Gasteiger partial charge in [0.25, 0.3) is 0 Å². The van der Waals surface area contributed by atoms with Crippen molar-refractivity contribution in [2.45, 2.75) is 12.5 Å². The minimum absolute atomic E-state index is 0.206. The van der Waals surface area contributed by atoms with E-state index in [2.05, 4.69) is 25.8 Å². The number of nitrogens with zero attached hydrogens (tertiary/aromatic N) is 1. The quantitative estimate of drug-likeness (QED) is 0.446. The molecular formula is C14H13N5O3S2. The molecule has 2 aromatic heterocycles. The molecule has 0 saturated carbocycles. The average molecular weight is 363 g/mol. The number of carbonyl (C=O) groups is 2. The highest BCUT2D eigenvalue weighted by Crippen LogP contribution is 2.20. The number of amides is 2. The van der Waals surface area contributed by atoms with Gasteiger partial charge in [0.1, 0.15) is 6.04 Å². The Kier molecular flexibility index (Phi) is 4.58. The number of carboxylic acid groups (broad SMARTS) is 1. The zero-order valence-electron chi connectivity index (χ0n) is 12.2. The topological polar surface area (TPSA) is 123 Å². The van der Waals surface area contributed by atoms with E-state index in [9.17, 15) is 9.59 Å². The zero-order valence-corrected chi connectivity index (χ0v) is 13.8. The molecule has 0 spiro atoms. The molecule has 0 radical (unpaired) electrons. The van der Waals surface area contributed by atoms with E-state index in [0.29, 0.717) is 9.09 Å². The minimum Gasteiger partial charge on any atom is -0.465 e. The van der Waals surface area contributed by atoms with Gasteiger partial charge in [-0.15, -0.1) is 5.10 Å². The van der Waals surface area contributed by atoms with Crippen LogP contribution in [-0.2, 0) is 11.2 Å². The van der Waals surface area contributed by atoms with E-state index in [0.717, 1.165) is 27.8 Å². The van der Waals surface area contributed by atoms with Crippen molar-refractivity contribution in [1.82, 2.24) is 20.5 Å². The molecule has 0 aliphatic carbocycles. The summed E-state index contributed by atoms with van der Waals surface area (Å²) in [6.07, 6.45) is 0.704. The van der Waals surface area contributed by atoms with Crippen molar-refractivity contribution in [2.75, 3.05) is 5.32 Å². The molecule has 8 nitrogen and oxygen atoms in total. The van der Waals surface area contributed by atoms with E-state index in [4.69, 9.17) is 17.3 Å². The first kappa shape index (κ1) is 16.1.